The van der Waals surface area contributed by atoms with Gasteiger partial charge in [-0.2, -0.15) is 5.10 Å². The largest absolute Gasteiger partial charge is 0.356 e. The molecule has 2 aromatic rings. The van der Waals surface area contributed by atoms with Gasteiger partial charge in [-0.25, -0.2) is 9.97 Å². The lowest BCUT2D eigenvalue weighted by Gasteiger charge is -2.32. The molecule has 0 saturated carbocycles. The molecule has 0 N–H and O–H groups in total. The molecule has 1 aliphatic rings. The van der Waals surface area contributed by atoms with Crippen LogP contribution in [0.25, 0.3) is 0 Å². The number of nitrogens with zero attached hydrogens (tertiary/aromatic N) is 5. The second-order valence-electron chi connectivity index (χ2n) is 4.86. The summed E-state index contributed by atoms with van der Waals surface area (Å²) in [4.78, 5) is 10.5. The molecule has 3 rings (SSSR count). The SMILES string of the molecule is Clc1cc(N2CCC(Cn3cccn3)CC2)ncn1. The van der Waals surface area contributed by atoms with Crippen LogP contribution in [0, 0.1) is 5.92 Å². The first kappa shape index (κ1) is 12.4. The minimum absolute atomic E-state index is 0.503. The number of aromatic nitrogens is 4. The molecule has 3 heterocycles. The molecule has 1 fully saturated rings. The zero-order chi connectivity index (χ0) is 13.1. The van der Waals surface area contributed by atoms with E-state index < -0.39 is 0 Å². The van der Waals surface area contributed by atoms with Crippen LogP contribution >= 0.6 is 11.6 Å². The molecule has 1 aliphatic heterocycles. The molecule has 0 atom stereocenters. The maximum Gasteiger partial charge on any atom is 0.134 e. The molecule has 19 heavy (non-hydrogen) atoms. The zero-order valence-electron chi connectivity index (χ0n) is 10.6. The number of halogens is 1. The Hall–Kier alpha value is -1.62. The summed E-state index contributed by atoms with van der Waals surface area (Å²) in [6, 6.07) is 3.80. The third-order valence-electron chi connectivity index (χ3n) is 3.56. The summed E-state index contributed by atoms with van der Waals surface area (Å²) in [5, 5.41) is 4.77. The van der Waals surface area contributed by atoms with Gasteiger partial charge in [0.15, 0.2) is 0 Å². The van der Waals surface area contributed by atoms with Crippen molar-refractivity contribution in [2.24, 2.45) is 5.92 Å². The van der Waals surface area contributed by atoms with Crippen LogP contribution in [0.1, 0.15) is 12.8 Å². The van der Waals surface area contributed by atoms with E-state index in [0.29, 0.717) is 11.1 Å². The second kappa shape index (κ2) is 5.57. The summed E-state index contributed by atoms with van der Waals surface area (Å²) in [6.45, 7) is 3.03. The Labute approximate surface area is 117 Å². The van der Waals surface area contributed by atoms with E-state index in [9.17, 15) is 0 Å². The highest BCUT2D eigenvalue weighted by Gasteiger charge is 2.20. The van der Waals surface area contributed by atoms with Crippen molar-refractivity contribution in [3.05, 3.63) is 36.0 Å². The molecule has 5 nitrogen and oxygen atoms in total. The van der Waals surface area contributed by atoms with E-state index in [-0.39, 0.29) is 0 Å². The number of hydrogen-bond acceptors (Lipinski definition) is 4. The van der Waals surface area contributed by atoms with E-state index in [1.165, 1.54) is 6.33 Å². The minimum atomic E-state index is 0.503. The number of anilines is 1. The smallest absolute Gasteiger partial charge is 0.134 e. The predicted molar refractivity (Wildman–Crippen MR) is 74.2 cm³/mol. The molecule has 0 bridgehead atoms. The lowest BCUT2D eigenvalue weighted by atomic mass is 9.97. The van der Waals surface area contributed by atoms with Crippen molar-refractivity contribution in [3.63, 3.8) is 0 Å². The lowest BCUT2D eigenvalue weighted by molar-refractivity contribution is 0.341. The fourth-order valence-electron chi connectivity index (χ4n) is 2.51. The Morgan fingerprint density at radius 1 is 1.26 bits per heavy atom. The molecule has 0 radical (unpaired) electrons. The Kier molecular flexibility index (Phi) is 3.64. The van der Waals surface area contributed by atoms with Gasteiger partial charge in [0.1, 0.15) is 17.3 Å². The summed E-state index contributed by atoms with van der Waals surface area (Å²) in [5.74, 6) is 1.62. The molecular formula is C13H16ClN5. The van der Waals surface area contributed by atoms with Crippen molar-refractivity contribution in [2.75, 3.05) is 18.0 Å². The van der Waals surface area contributed by atoms with Crippen molar-refractivity contribution in [2.45, 2.75) is 19.4 Å². The van der Waals surface area contributed by atoms with Crippen LogP contribution in [-0.4, -0.2) is 32.8 Å². The standard InChI is InChI=1S/C13H16ClN5/c14-12-8-13(16-10-15-12)18-6-2-11(3-7-18)9-19-5-1-4-17-19/h1,4-5,8,10-11H,2-3,6-7,9H2. The average Bonchev–Trinajstić information content (AvgIpc) is 2.92. The first-order valence-electron chi connectivity index (χ1n) is 6.51. The highest BCUT2D eigenvalue weighted by atomic mass is 35.5. The minimum Gasteiger partial charge on any atom is -0.356 e. The molecular weight excluding hydrogens is 262 g/mol. The predicted octanol–water partition coefficient (Wildman–Crippen LogP) is 2.24. The fraction of sp³-hybridized carbons (Fsp3) is 0.462. The van der Waals surface area contributed by atoms with Crippen molar-refractivity contribution in [1.82, 2.24) is 19.7 Å². The maximum atomic E-state index is 5.90. The van der Waals surface area contributed by atoms with Gasteiger partial charge in [0, 0.05) is 38.1 Å². The summed E-state index contributed by atoms with van der Waals surface area (Å²) in [5.41, 5.74) is 0. The molecule has 0 aromatic carbocycles. The topological polar surface area (TPSA) is 46.8 Å². The molecule has 0 unspecified atom stereocenters. The van der Waals surface area contributed by atoms with Crippen molar-refractivity contribution < 1.29 is 0 Å². The monoisotopic (exact) mass is 277 g/mol. The van der Waals surface area contributed by atoms with Crippen LogP contribution in [-0.2, 0) is 6.54 Å². The molecule has 1 saturated heterocycles. The Balaban J connectivity index is 1.57. The fourth-order valence-corrected chi connectivity index (χ4v) is 2.66. The van der Waals surface area contributed by atoms with E-state index in [1.807, 2.05) is 29.2 Å². The lowest BCUT2D eigenvalue weighted by Crippen LogP contribution is -2.35. The van der Waals surface area contributed by atoms with Gasteiger partial charge in [-0.05, 0) is 24.8 Å². The zero-order valence-corrected chi connectivity index (χ0v) is 11.4. The quantitative estimate of drug-likeness (QED) is 0.808. The van der Waals surface area contributed by atoms with E-state index >= 15 is 0 Å². The number of piperidine rings is 1. The number of rotatable bonds is 3. The van der Waals surface area contributed by atoms with Crippen LogP contribution < -0.4 is 4.90 Å². The van der Waals surface area contributed by atoms with Crippen LogP contribution in [0.4, 0.5) is 5.82 Å². The Bertz CT molecular complexity index is 520. The van der Waals surface area contributed by atoms with Gasteiger partial charge in [0.25, 0.3) is 0 Å². The molecule has 0 spiro atoms. The van der Waals surface area contributed by atoms with E-state index in [2.05, 4.69) is 20.0 Å². The molecule has 0 amide bonds. The Morgan fingerprint density at radius 3 is 2.79 bits per heavy atom. The van der Waals surface area contributed by atoms with Gasteiger partial charge in [-0.1, -0.05) is 11.6 Å². The van der Waals surface area contributed by atoms with Crippen LogP contribution in [0.5, 0.6) is 0 Å². The summed E-state index contributed by atoms with van der Waals surface area (Å²) in [7, 11) is 0. The molecule has 0 aliphatic carbocycles. The van der Waals surface area contributed by atoms with E-state index in [4.69, 9.17) is 11.6 Å². The first-order valence-corrected chi connectivity index (χ1v) is 6.89. The van der Waals surface area contributed by atoms with Gasteiger partial charge in [0.2, 0.25) is 0 Å². The first-order chi connectivity index (χ1) is 9.31. The van der Waals surface area contributed by atoms with Gasteiger partial charge in [-0.15, -0.1) is 0 Å². The van der Waals surface area contributed by atoms with Crippen molar-refractivity contribution in [3.8, 4) is 0 Å². The third-order valence-corrected chi connectivity index (χ3v) is 3.77. The average molecular weight is 278 g/mol. The van der Waals surface area contributed by atoms with Crippen molar-refractivity contribution >= 4 is 17.4 Å². The van der Waals surface area contributed by atoms with Crippen LogP contribution in [0.3, 0.4) is 0 Å². The highest BCUT2D eigenvalue weighted by molar-refractivity contribution is 6.29. The normalized spacial score (nSPS) is 16.8. The van der Waals surface area contributed by atoms with Gasteiger partial charge >= 0.3 is 0 Å². The molecule has 2 aromatic heterocycles. The molecule has 6 heteroatoms. The van der Waals surface area contributed by atoms with E-state index in [1.54, 1.807) is 0 Å². The van der Waals surface area contributed by atoms with Crippen molar-refractivity contribution in [1.29, 1.82) is 0 Å². The Morgan fingerprint density at radius 2 is 2.11 bits per heavy atom. The molecule has 100 valence electrons. The van der Waals surface area contributed by atoms with Crippen LogP contribution in [0.2, 0.25) is 5.15 Å². The third kappa shape index (κ3) is 3.04. The second-order valence-corrected chi connectivity index (χ2v) is 5.24. The highest BCUT2D eigenvalue weighted by Crippen LogP contribution is 2.23. The van der Waals surface area contributed by atoms with Crippen LogP contribution in [0.15, 0.2) is 30.9 Å². The maximum absolute atomic E-state index is 5.90. The number of hydrogen-bond donors (Lipinski definition) is 0. The summed E-state index contributed by atoms with van der Waals surface area (Å²) in [6.07, 6.45) is 7.69. The summed E-state index contributed by atoms with van der Waals surface area (Å²) >= 11 is 5.90. The van der Waals surface area contributed by atoms with Gasteiger partial charge < -0.3 is 4.90 Å². The van der Waals surface area contributed by atoms with Gasteiger partial charge in [0.05, 0.1) is 0 Å². The van der Waals surface area contributed by atoms with Gasteiger partial charge in [-0.3, -0.25) is 4.68 Å². The summed E-state index contributed by atoms with van der Waals surface area (Å²) < 4.78 is 2.02. The van der Waals surface area contributed by atoms with E-state index in [0.717, 1.165) is 38.3 Å².